The van der Waals surface area contributed by atoms with Crippen molar-refractivity contribution in [3.8, 4) is 0 Å². The molecule has 0 spiro atoms. The van der Waals surface area contributed by atoms with Crippen molar-refractivity contribution in [1.29, 1.82) is 0 Å². The van der Waals surface area contributed by atoms with Crippen molar-refractivity contribution in [1.82, 2.24) is 9.97 Å². The standard InChI is InChI=1S/2C10H9NO.C6H6/c2*1-2-5-10-11-8-6-3-4-7-9(8)12-10;1-2-4-6-5-3-1/h2*2-4,6-7H,1,5H2;1-6H. The number of allylic oxidation sites excluding steroid dienone is 2. The largest absolute Gasteiger partial charge is 0.440 e. The fourth-order valence-electron chi connectivity index (χ4n) is 2.65. The summed E-state index contributed by atoms with van der Waals surface area (Å²) in [6.45, 7) is 7.25. The summed E-state index contributed by atoms with van der Waals surface area (Å²) in [4.78, 5) is 8.53. The molecule has 0 radical (unpaired) electrons. The molecule has 2 heterocycles. The first kappa shape index (κ1) is 20.8. The fraction of sp³-hybridized carbons (Fsp3) is 0.0769. The molecular formula is C26H24N2O2. The van der Waals surface area contributed by atoms with Crippen molar-refractivity contribution in [2.24, 2.45) is 0 Å². The van der Waals surface area contributed by atoms with E-state index in [4.69, 9.17) is 8.83 Å². The van der Waals surface area contributed by atoms with Gasteiger partial charge in [-0.05, 0) is 24.3 Å². The third kappa shape index (κ3) is 6.04. The average Bonchev–Trinajstić information content (AvgIpc) is 3.39. The second kappa shape index (κ2) is 11.2. The van der Waals surface area contributed by atoms with Gasteiger partial charge < -0.3 is 8.83 Å². The Morgan fingerprint density at radius 1 is 0.567 bits per heavy atom. The van der Waals surface area contributed by atoms with Gasteiger partial charge in [0.1, 0.15) is 11.0 Å². The number of para-hydroxylation sites is 4. The van der Waals surface area contributed by atoms with Crippen LogP contribution >= 0.6 is 0 Å². The number of benzene rings is 3. The summed E-state index contributed by atoms with van der Waals surface area (Å²) in [5.41, 5.74) is 3.51. The van der Waals surface area contributed by atoms with Gasteiger partial charge >= 0.3 is 0 Å². The highest BCUT2D eigenvalue weighted by atomic mass is 16.4. The third-order valence-electron chi connectivity index (χ3n) is 3.98. The predicted octanol–water partition coefficient (Wildman–Crippen LogP) is 6.80. The van der Waals surface area contributed by atoms with Crippen molar-refractivity contribution in [2.45, 2.75) is 12.8 Å². The van der Waals surface area contributed by atoms with Gasteiger partial charge in [0.05, 0.1) is 0 Å². The molecule has 4 nitrogen and oxygen atoms in total. The van der Waals surface area contributed by atoms with Crippen LogP contribution in [0.5, 0.6) is 0 Å². The molecule has 5 rings (SSSR count). The Kier molecular flexibility index (Phi) is 7.75. The highest BCUT2D eigenvalue weighted by Gasteiger charge is 2.02. The minimum atomic E-state index is 0.689. The first-order valence-electron chi connectivity index (χ1n) is 9.71. The van der Waals surface area contributed by atoms with E-state index in [0.717, 1.165) is 34.0 Å². The van der Waals surface area contributed by atoms with Crippen LogP contribution in [0, 0.1) is 0 Å². The monoisotopic (exact) mass is 396 g/mol. The maximum Gasteiger partial charge on any atom is 0.199 e. The van der Waals surface area contributed by atoms with Gasteiger partial charge in [-0.25, -0.2) is 9.97 Å². The minimum Gasteiger partial charge on any atom is -0.440 e. The van der Waals surface area contributed by atoms with E-state index in [-0.39, 0.29) is 0 Å². The highest BCUT2D eigenvalue weighted by molar-refractivity contribution is 5.72. The summed E-state index contributed by atoms with van der Waals surface area (Å²) in [5, 5.41) is 0. The molecule has 30 heavy (non-hydrogen) atoms. The van der Waals surface area contributed by atoms with Crippen LogP contribution in [-0.2, 0) is 12.8 Å². The van der Waals surface area contributed by atoms with Crippen molar-refractivity contribution in [3.63, 3.8) is 0 Å². The number of hydrogen-bond donors (Lipinski definition) is 0. The zero-order valence-corrected chi connectivity index (χ0v) is 16.8. The lowest BCUT2D eigenvalue weighted by atomic mass is 10.3. The van der Waals surface area contributed by atoms with E-state index in [0.29, 0.717) is 12.8 Å². The zero-order valence-electron chi connectivity index (χ0n) is 16.8. The molecule has 0 aliphatic rings. The van der Waals surface area contributed by atoms with Crippen molar-refractivity contribution >= 4 is 22.2 Å². The van der Waals surface area contributed by atoms with Crippen molar-refractivity contribution in [3.05, 3.63) is 122 Å². The topological polar surface area (TPSA) is 52.1 Å². The second-order valence-electron chi connectivity index (χ2n) is 6.29. The Morgan fingerprint density at radius 2 is 0.933 bits per heavy atom. The molecule has 2 aromatic heterocycles. The molecule has 0 aliphatic heterocycles. The molecule has 0 bridgehead atoms. The zero-order chi connectivity index (χ0) is 21.0. The lowest BCUT2D eigenvalue weighted by Gasteiger charge is -1.82. The van der Waals surface area contributed by atoms with Crippen LogP contribution in [0.3, 0.4) is 0 Å². The van der Waals surface area contributed by atoms with Crippen LogP contribution < -0.4 is 0 Å². The normalized spacial score (nSPS) is 9.87. The molecule has 0 atom stereocenters. The summed E-state index contributed by atoms with van der Waals surface area (Å²) >= 11 is 0. The molecule has 0 N–H and O–H groups in total. The third-order valence-corrected chi connectivity index (χ3v) is 3.98. The van der Waals surface area contributed by atoms with Crippen molar-refractivity contribution in [2.75, 3.05) is 0 Å². The Labute approximate surface area is 176 Å². The van der Waals surface area contributed by atoms with E-state index in [1.165, 1.54) is 0 Å². The average molecular weight is 396 g/mol. The molecular weight excluding hydrogens is 372 g/mol. The smallest absolute Gasteiger partial charge is 0.199 e. The lowest BCUT2D eigenvalue weighted by Crippen LogP contribution is -1.76. The van der Waals surface area contributed by atoms with Crippen LogP contribution in [0.2, 0.25) is 0 Å². The Hall–Kier alpha value is -3.92. The van der Waals surface area contributed by atoms with Gasteiger partial charge in [0, 0.05) is 12.8 Å². The molecule has 0 saturated heterocycles. The Bertz CT molecular complexity index is 1020. The van der Waals surface area contributed by atoms with Crippen LogP contribution in [0.1, 0.15) is 11.8 Å². The number of rotatable bonds is 4. The maximum absolute atomic E-state index is 5.43. The predicted molar refractivity (Wildman–Crippen MR) is 122 cm³/mol. The maximum atomic E-state index is 5.43. The summed E-state index contributed by atoms with van der Waals surface area (Å²) in [7, 11) is 0. The van der Waals surface area contributed by atoms with E-state index in [1.54, 1.807) is 12.2 Å². The SMILES string of the molecule is C=CCc1nc2ccccc2o1.C=CCc1nc2ccccc2o1.c1ccccc1. The molecule has 3 aromatic carbocycles. The lowest BCUT2D eigenvalue weighted by molar-refractivity contribution is 0.546. The molecule has 150 valence electrons. The van der Waals surface area contributed by atoms with Gasteiger partial charge in [-0.3, -0.25) is 0 Å². The van der Waals surface area contributed by atoms with E-state index in [2.05, 4.69) is 23.1 Å². The fourth-order valence-corrected chi connectivity index (χ4v) is 2.65. The number of nitrogens with zero attached hydrogens (tertiary/aromatic N) is 2. The van der Waals surface area contributed by atoms with Crippen molar-refractivity contribution < 1.29 is 8.83 Å². The summed E-state index contributed by atoms with van der Waals surface area (Å²) < 4.78 is 10.9. The molecule has 0 unspecified atom stereocenters. The minimum absolute atomic E-state index is 0.689. The van der Waals surface area contributed by atoms with Gasteiger partial charge in [-0.15, -0.1) is 13.2 Å². The molecule has 0 saturated carbocycles. The van der Waals surface area contributed by atoms with Gasteiger partial charge in [-0.2, -0.15) is 0 Å². The highest BCUT2D eigenvalue weighted by Crippen LogP contribution is 2.15. The van der Waals surface area contributed by atoms with Crippen LogP contribution in [-0.4, -0.2) is 9.97 Å². The number of fused-ring (bicyclic) bond motifs is 2. The second-order valence-corrected chi connectivity index (χ2v) is 6.29. The molecule has 0 fully saturated rings. The van der Waals surface area contributed by atoms with Crippen LogP contribution in [0.25, 0.3) is 22.2 Å². The first-order valence-corrected chi connectivity index (χ1v) is 9.71. The number of oxazole rings is 2. The summed E-state index contributed by atoms with van der Waals surface area (Å²) in [6, 6.07) is 27.5. The van der Waals surface area contributed by atoms with Gasteiger partial charge in [0.15, 0.2) is 22.9 Å². The van der Waals surface area contributed by atoms with Crippen LogP contribution in [0.4, 0.5) is 0 Å². The number of hydrogen-bond acceptors (Lipinski definition) is 4. The number of aromatic nitrogens is 2. The summed E-state index contributed by atoms with van der Waals surface area (Å²) in [6.07, 6.45) is 4.94. The molecule has 5 aromatic rings. The quantitative estimate of drug-likeness (QED) is 0.314. The van der Waals surface area contributed by atoms with E-state index >= 15 is 0 Å². The first-order chi connectivity index (χ1) is 14.8. The van der Waals surface area contributed by atoms with Gasteiger partial charge in [-0.1, -0.05) is 72.8 Å². The molecule has 0 aliphatic carbocycles. The van der Waals surface area contributed by atoms with E-state index in [9.17, 15) is 0 Å². The van der Waals surface area contributed by atoms with Gasteiger partial charge in [0.25, 0.3) is 0 Å². The molecule has 4 heteroatoms. The van der Waals surface area contributed by atoms with E-state index < -0.39 is 0 Å². The van der Waals surface area contributed by atoms with E-state index in [1.807, 2.05) is 84.9 Å². The summed E-state index contributed by atoms with van der Waals surface area (Å²) in [5.74, 6) is 1.46. The molecule has 0 amide bonds. The Balaban J connectivity index is 0.000000136. The Morgan fingerprint density at radius 3 is 1.27 bits per heavy atom. The van der Waals surface area contributed by atoms with Gasteiger partial charge in [0.2, 0.25) is 0 Å². The van der Waals surface area contributed by atoms with Crippen LogP contribution in [0.15, 0.2) is 119 Å².